The second-order valence-corrected chi connectivity index (χ2v) is 7.30. The minimum atomic E-state index is -3.99. The molecule has 1 aliphatic carbocycles. The van der Waals surface area contributed by atoms with E-state index in [9.17, 15) is 18.5 Å². The van der Waals surface area contributed by atoms with Gasteiger partial charge in [-0.25, -0.2) is 13.6 Å². The Labute approximate surface area is 139 Å². The summed E-state index contributed by atoms with van der Waals surface area (Å²) in [6, 6.07) is 11.3. The number of nitrogens with zero attached hydrogens (tertiary/aromatic N) is 1. The Bertz CT molecular complexity index is 896. The molecule has 3 N–H and O–H groups in total. The third-order valence-corrected chi connectivity index (χ3v) is 5.15. The number of hydrogen-bond donors (Lipinski definition) is 2. The molecule has 0 spiro atoms. The van der Waals surface area contributed by atoms with E-state index in [1.807, 2.05) is 24.3 Å². The zero-order valence-corrected chi connectivity index (χ0v) is 13.6. The molecule has 7 nitrogen and oxygen atoms in total. The van der Waals surface area contributed by atoms with E-state index in [4.69, 9.17) is 5.14 Å². The molecule has 0 bridgehead atoms. The highest BCUT2D eigenvalue weighted by Crippen LogP contribution is 2.35. The molecule has 2 aromatic rings. The van der Waals surface area contributed by atoms with Crippen LogP contribution in [0.5, 0.6) is 0 Å². The fourth-order valence-electron chi connectivity index (χ4n) is 3.08. The van der Waals surface area contributed by atoms with E-state index in [-0.39, 0.29) is 22.3 Å². The van der Waals surface area contributed by atoms with Crippen LogP contribution in [0.3, 0.4) is 0 Å². The van der Waals surface area contributed by atoms with Crippen molar-refractivity contribution < 1.29 is 13.3 Å². The van der Waals surface area contributed by atoms with E-state index < -0.39 is 14.9 Å². The second-order valence-electron chi connectivity index (χ2n) is 5.77. The van der Waals surface area contributed by atoms with Crippen molar-refractivity contribution in [1.29, 1.82) is 0 Å². The molecule has 1 unspecified atom stereocenters. The largest absolute Gasteiger partial charge is 0.377 e. The first kappa shape index (κ1) is 16.4. The van der Waals surface area contributed by atoms with Gasteiger partial charge in [0, 0.05) is 12.1 Å². The summed E-state index contributed by atoms with van der Waals surface area (Å²) in [5.41, 5.74) is 2.25. The smallest absolute Gasteiger partial charge is 0.271 e. The lowest BCUT2D eigenvalue weighted by atomic mass is 9.87. The topological polar surface area (TPSA) is 115 Å². The number of rotatable bonds is 4. The van der Waals surface area contributed by atoms with Gasteiger partial charge >= 0.3 is 0 Å². The quantitative estimate of drug-likeness (QED) is 0.652. The second kappa shape index (κ2) is 6.21. The van der Waals surface area contributed by atoms with Gasteiger partial charge in [-0.1, -0.05) is 24.3 Å². The summed E-state index contributed by atoms with van der Waals surface area (Å²) in [4.78, 5) is 10.3. The third-order valence-electron chi connectivity index (χ3n) is 4.18. The summed E-state index contributed by atoms with van der Waals surface area (Å²) < 4.78 is 23.6. The molecule has 24 heavy (non-hydrogen) atoms. The molecule has 2 aromatic carbocycles. The number of sulfonamides is 1. The summed E-state index contributed by atoms with van der Waals surface area (Å²) in [6.07, 6.45) is 2.73. The fourth-order valence-corrected chi connectivity index (χ4v) is 3.77. The average molecular weight is 347 g/mol. The molecular weight excluding hydrogens is 330 g/mol. The zero-order valence-electron chi connectivity index (χ0n) is 12.8. The first-order valence-corrected chi connectivity index (χ1v) is 9.06. The molecule has 8 heteroatoms. The number of benzene rings is 2. The van der Waals surface area contributed by atoms with Crippen LogP contribution in [0.25, 0.3) is 0 Å². The Morgan fingerprint density at radius 3 is 2.67 bits per heavy atom. The molecule has 1 atom stereocenters. The van der Waals surface area contributed by atoms with E-state index in [0.29, 0.717) is 0 Å². The van der Waals surface area contributed by atoms with Crippen LogP contribution < -0.4 is 10.5 Å². The standard InChI is InChI=1S/C16H17N3O4S/c17-24(22,23)16-9-8-12(19(20)21)10-15(16)18-14-7-3-5-11-4-1-2-6-13(11)14/h1-2,4,6,8-10,14,18H,3,5,7H2,(H2,17,22,23). The number of aryl methyl sites for hydroxylation is 1. The highest BCUT2D eigenvalue weighted by Gasteiger charge is 2.24. The summed E-state index contributed by atoms with van der Waals surface area (Å²) in [6.45, 7) is 0. The van der Waals surface area contributed by atoms with E-state index in [1.54, 1.807) is 0 Å². The maximum absolute atomic E-state index is 11.8. The van der Waals surface area contributed by atoms with E-state index in [0.717, 1.165) is 30.9 Å². The molecule has 126 valence electrons. The molecule has 0 amide bonds. The highest BCUT2D eigenvalue weighted by atomic mass is 32.2. The summed E-state index contributed by atoms with van der Waals surface area (Å²) in [5.74, 6) is 0. The van der Waals surface area contributed by atoms with Gasteiger partial charge in [-0.15, -0.1) is 0 Å². The first-order chi connectivity index (χ1) is 11.4. The Morgan fingerprint density at radius 2 is 1.96 bits per heavy atom. The lowest BCUT2D eigenvalue weighted by molar-refractivity contribution is -0.384. The fraction of sp³-hybridized carbons (Fsp3) is 0.250. The minimum Gasteiger partial charge on any atom is -0.377 e. The lowest BCUT2D eigenvalue weighted by Gasteiger charge is -2.27. The molecule has 0 radical (unpaired) electrons. The maximum atomic E-state index is 11.8. The van der Waals surface area contributed by atoms with Crippen LogP contribution >= 0.6 is 0 Å². The van der Waals surface area contributed by atoms with Crippen molar-refractivity contribution in [3.8, 4) is 0 Å². The number of nitrogens with one attached hydrogen (secondary N) is 1. The third kappa shape index (κ3) is 3.24. The van der Waals surface area contributed by atoms with Gasteiger partial charge in [0.1, 0.15) is 4.90 Å². The van der Waals surface area contributed by atoms with Crippen LogP contribution in [-0.4, -0.2) is 13.3 Å². The molecule has 0 fully saturated rings. The number of nitro benzene ring substituents is 1. The summed E-state index contributed by atoms with van der Waals surface area (Å²) in [5, 5.41) is 19.4. The molecule has 3 rings (SSSR count). The lowest BCUT2D eigenvalue weighted by Crippen LogP contribution is -2.20. The van der Waals surface area contributed by atoms with Gasteiger partial charge in [0.2, 0.25) is 10.0 Å². The Balaban J connectivity index is 2.03. The summed E-state index contributed by atoms with van der Waals surface area (Å²) >= 11 is 0. The zero-order chi connectivity index (χ0) is 17.3. The van der Waals surface area contributed by atoms with Crippen molar-refractivity contribution in [2.45, 2.75) is 30.2 Å². The summed E-state index contributed by atoms with van der Waals surface area (Å²) in [7, 11) is -3.99. The van der Waals surface area contributed by atoms with Crippen molar-refractivity contribution in [3.05, 3.63) is 63.7 Å². The van der Waals surface area contributed by atoms with Gasteiger partial charge in [0.15, 0.2) is 0 Å². The SMILES string of the molecule is NS(=O)(=O)c1ccc([N+](=O)[O-])cc1NC1CCCc2ccccc21. The number of nitrogens with two attached hydrogens (primary N) is 1. The highest BCUT2D eigenvalue weighted by molar-refractivity contribution is 7.89. The van der Waals surface area contributed by atoms with Gasteiger partial charge in [0.25, 0.3) is 5.69 Å². The van der Waals surface area contributed by atoms with E-state index >= 15 is 0 Å². The predicted molar refractivity (Wildman–Crippen MR) is 90.2 cm³/mol. The van der Waals surface area contributed by atoms with E-state index in [1.165, 1.54) is 17.7 Å². The number of fused-ring (bicyclic) bond motifs is 1. The van der Waals surface area contributed by atoms with Gasteiger partial charge in [-0.3, -0.25) is 10.1 Å². The Hall–Kier alpha value is -2.45. The minimum absolute atomic E-state index is 0.113. The van der Waals surface area contributed by atoms with Crippen LogP contribution in [-0.2, 0) is 16.4 Å². The van der Waals surface area contributed by atoms with Crippen LogP contribution in [0.2, 0.25) is 0 Å². The molecule has 0 saturated carbocycles. The monoisotopic (exact) mass is 347 g/mol. The van der Waals surface area contributed by atoms with Gasteiger partial charge in [-0.05, 0) is 36.5 Å². The molecule has 0 aromatic heterocycles. The van der Waals surface area contributed by atoms with Crippen LogP contribution in [0.4, 0.5) is 11.4 Å². The van der Waals surface area contributed by atoms with Crippen molar-refractivity contribution in [3.63, 3.8) is 0 Å². The predicted octanol–water partition coefficient (Wildman–Crippen LogP) is 2.73. The van der Waals surface area contributed by atoms with Crippen LogP contribution in [0, 0.1) is 10.1 Å². The molecular formula is C16H17N3O4S. The van der Waals surface area contributed by atoms with Gasteiger partial charge < -0.3 is 5.32 Å². The number of primary sulfonamides is 1. The number of non-ortho nitro benzene ring substituents is 1. The van der Waals surface area contributed by atoms with Gasteiger partial charge in [0.05, 0.1) is 16.7 Å². The number of anilines is 1. The Morgan fingerprint density at radius 1 is 1.21 bits per heavy atom. The molecule has 0 aliphatic heterocycles. The van der Waals surface area contributed by atoms with Crippen molar-refractivity contribution in [2.75, 3.05) is 5.32 Å². The first-order valence-electron chi connectivity index (χ1n) is 7.52. The van der Waals surface area contributed by atoms with Crippen LogP contribution in [0.1, 0.15) is 30.0 Å². The van der Waals surface area contributed by atoms with Gasteiger partial charge in [-0.2, -0.15) is 0 Å². The number of hydrogen-bond acceptors (Lipinski definition) is 5. The van der Waals surface area contributed by atoms with Crippen molar-refractivity contribution in [1.82, 2.24) is 0 Å². The van der Waals surface area contributed by atoms with Crippen LogP contribution in [0.15, 0.2) is 47.4 Å². The molecule has 0 heterocycles. The molecule has 1 aliphatic rings. The normalized spacial score (nSPS) is 17.1. The number of nitro groups is 1. The van der Waals surface area contributed by atoms with Crippen molar-refractivity contribution >= 4 is 21.4 Å². The van der Waals surface area contributed by atoms with E-state index in [2.05, 4.69) is 5.32 Å². The van der Waals surface area contributed by atoms with Crippen molar-refractivity contribution in [2.24, 2.45) is 5.14 Å². The average Bonchev–Trinajstić information content (AvgIpc) is 2.54. The Kier molecular flexibility index (Phi) is 4.25. The molecule has 0 saturated heterocycles. The maximum Gasteiger partial charge on any atom is 0.271 e.